The molecule has 5 heteroatoms. The molecule has 0 spiro atoms. The molecule has 1 unspecified atom stereocenters. The topological polar surface area (TPSA) is 48.2 Å². The summed E-state index contributed by atoms with van der Waals surface area (Å²) in [6, 6.07) is 6.27. The maximum atomic E-state index is 13.2. The fourth-order valence-electron chi connectivity index (χ4n) is 2.09. The molecule has 0 bridgehead atoms. The van der Waals surface area contributed by atoms with E-state index in [0.717, 1.165) is 18.1 Å². The zero-order valence-corrected chi connectivity index (χ0v) is 12.7. The quantitative estimate of drug-likeness (QED) is 0.895. The van der Waals surface area contributed by atoms with E-state index in [1.54, 1.807) is 17.8 Å². The monoisotopic (exact) mass is 291 g/mol. The fraction of sp³-hybridized carbons (Fsp3) is 0.467. The number of nitriles is 1. The van der Waals surface area contributed by atoms with Crippen LogP contribution >= 0.6 is 11.8 Å². The molecule has 3 nitrogen and oxygen atoms in total. The molecule has 1 aromatic carbocycles. The summed E-state index contributed by atoms with van der Waals surface area (Å²) >= 11 is 1.71. The van der Waals surface area contributed by atoms with Gasteiger partial charge in [0, 0.05) is 10.9 Å². The summed E-state index contributed by atoms with van der Waals surface area (Å²) in [6.07, 6.45) is 1.10. The summed E-state index contributed by atoms with van der Waals surface area (Å²) in [5.41, 5.74) is 1.03. The van der Waals surface area contributed by atoms with Crippen LogP contribution in [-0.4, -0.2) is 17.0 Å². The van der Waals surface area contributed by atoms with Gasteiger partial charge in [-0.1, -0.05) is 32.5 Å². The number of amidine groups is 1. The van der Waals surface area contributed by atoms with Gasteiger partial charge in [-0.05, 0) is 30.0 Å². The van der Waals surface area contributed by atoms with E-state index in [4.69, 9.17) is 5.26 Å². The largest absolute Gasteiger partial charge is 0.335 e. The first-order chi connectivity index (χ1) is 9.37. The van der Waals surface area contributed by atoms with Crippen LogP contribution in [0.1, 0.15) is 32.8 Å². The van der Waals surface area contributed by atoms with E-state index in [1.165, 1.54) is 12.1 Å². The number of benzene rings is 1. The normalized spacial score (nSPS) is 18.6. The lowest BCUT2D eigenvalue weighted by molar-refractivity contribution is 0.375. The SMILES string of the molecule is CC(C)(C)CC1CN=C(Nc2ccc(F)c(C#N)c2)S1. The predicted molar refractivity (Wildman–Crippen MR) is 82.5 cm³/mol. The minimum absolute atomic E-state index is 0.0461. The Hall–Kier alpha value is -1.54. The first kappa shape index (κ1) is 14.9. The van der Waals surface area contributed by atoms with Crippen molar-refractivity contribution >= 4 is 22.6 Å². The van der Waals surface area contributed by atoms with Crippen LogP contribution in [0.25, 0.3) is 0 Å². The average molecular weight is 291 g/mol. The van der Waals surface area contributed by atoms with Crippen molar-refractivity contribution in [3.8, 4) is 6.07 Å². The molecule has 0 radical (unpaired) electrons. The molecule has 106 valence electrons. The first-order valence-corrected chi connectivity index (χ1v) is 7.43. The van der Waals surface area contributed by atoms with Crippen LogP contribution in [0.5, 0.6) is 0 Å². The number of anilines is 1. The maximum Gasteiger partial charge on any atom is 0.161 e. The van der Waals surface area contributed by atoms with Crippen LogP contribution in [0.4, 0.5) is 10.1 Å². The van der Waals surface area contributed by atoms with Gasteiger partial charge in [0.25, 0.3) is 0 Å². The van der Waals surface area contributed by atoms with Gasteiger partial charge in [0.15, 0.2) is 5.17 Å². The molecule has 20 heavy (non-hydrogen) atoms. The smallest absolute Gasteiger partial charge is 0.161 e. The van der Waals surface area contributed by atoms with Gasteiger partial charge in [-0.15, -0.1) is 0 Å². The number of nitrogens with one attached hydrogen (secondary N) is 1. The van der Waals surface area contributed by atoms with Crippen LogP contribution in [0.3, 0.4) is 0 Å². The van der Waals surface area contributed by atoms with Crippen molar-refractivity contribution in [2.45, 2.75) is 32.4 Å². The molecule has 0 aliphatic carbocycles. The predicted octanol–water partition coefficient (Wildman–Crippen LogP) is 4.02. The highest BCUT2D eigenvalue weighted by Gasteiger charge is 2.25. The molecule has 1 atom stereocenters. The molecule has 2 rings (SSSR count). The standard InChI is InChI=1S/C15H18FN3S/c1-15(2,3)7-12-9-18-14(20-12)19-11-4-5-13(16)10(6-11)8-17/h4-6,12H,7,9H2,1-3H3,(H,18,19). The molecule has 0 fully saturated rings. The lowest BCUT2D eigenvalue weighted by atomic mass is 9.90. The Kier molecular flexibility index (Phi) is 4.34. The average Bonchev–Trinajstić information content (AvgIpc) is 2.76. The van der Waals surface area contributed by atoms with E-state index < -0.39 is 5.82 Å². The lowest BCUT2D eigenvalue weighted by Gasteiger charge is -2.21. The second-order valence-electron chi connectivity index (χ2n) is 6.08. The number of nitrogens with zero attached hydrogens (tertiary/aromatic N) is 2. The number of hydrogen-bond donors (Lipinski definition) is 1. The van der Waals surface area contributed by atoms with E-state index in [9.17, 15) is 4.39 Å². The first-order valence-electron chi connectivity index (χ1n) is 6.55. The summed E-state index contributed by atoms with van der Waals surface area (Å²) in [6.45, 7) is 7.46. The summed E-state index contributed by atoms with van der Waals surface area (Å²) in [4.78, 5) is 4.47. The second-order valence-corrected chi connectivity index (χ2v) is 7.37. The van der Waals surface area contributed by atoms with Crippen molar-refractivity contribution in [1.29, 1.82) is 5.26 Å². The van der Waals surface area contributed by atoms with Gasteiger partial charge >= 0.3 is 0 Å². The van der Waals surface area contributed by atoms with Crippen molar-refractivity contribution in [1.82, 2.24) is 0 Å². The van der Waals surface area contributed by atoms with Crippen molar-refractivity contribution < 1.29 is 4.39 Å². The number of rotatable bonds is 2. The highest BCUT2D eigenvalue weighted by molar-refractivity contribution is 8.15. The highest BCUT2D eigenvalue weighted by Crippen LogP contribution is 2.32. The van der Waals surface area contributed by atoms with Gasteiger partial charge in [-0.2, -0.15) is 5.26 Å². The third-order valence-corrected chi connectivity index (χ3v) is 4.00. The fourth-order valence-corrected chi connectivity index (χ4v) is 3.46. The summed E-state index contributed by atoms with van der Waals surface area (Å²) in [5.74, 6) is -0.496. The molecule has 0 amide bonds. The molecule has 1 aliphatic rings. The minimum Gasteiger partial charge on any atom is -0.335 e. The van der Waals surface area contributed by atoms with Gasteiger partial charge in [-0.25, -0.2) is 4.39 Å². The van der Waals surface area contributed by atoms with Gasteiger partial charge in [0.1, 0.15) is 11.9 Å². The van der Waals surface area contributed by atoms with Crippen molar-refractivity contribution in [3.63, 3.8) is 0 Å². The van der Waals surface area contributed by atoms with E-state index in [2.05, 4.69) is 31.1 Å². The van der Waals surface area contributed by atoms with E-state index in [1.807, 2.05) is 6.07 Å². The van der Waals surface area contributed by atoms with Gasteiger partial charge in [-0.3, -0.25) is 4.99 Å². The minimum atomic E-state index is -0.496. The maximum absolute atomic E-state index is 13.2. The number of aliphatic imine (C=N–C) groups is 1. The van der Waals surface area contributed by atoms with Gasteiger partial charge < -0.3 is 5.32 Å². The Bertz CT molecular complexity index is 569. The van der Waals surface area contributed by atoms with Crippen molar-refractivity contribution in [2.75, 3.05) is 11.9 Å². The third kappa shape index (κ3) is 3.97. The molecule has 1 N–H and O–H groups in total. The molecule has 0 saturated carbocycles. The van der Waals surface area contributed by atoms with E-state index in [-0.39, 0.29) is 11.0 Å². The molecular formula is C15H18FN3S. The Morgan fingerprint density at radius 3 is 2.90 bits per heavy atom. The number of thioether (sulfide) groups is 1. The molecule has 1 aromatic rings. The van der Waals surface area contributed by atoms with Gasteiger partial charge in [0.05, 0.1) is 12.1 Å². The van der Waals surface area contributed by atoms with Crippen molar-refractivity contribution in [3.05, 3.63) is 29.6 Å². The Morgan fingerprint density at radius 1 is 1.50 bits per heavy atom. The second kappa shape index (κ2) is 5.84. The number of halogens is 1. The summed E-state index contributed by atoms with van der Waals surface area (Å²) in [7, 11) is 0. The molecule has 0 saturated heterocycles. The summed E-state index contributed by atoms with van der Waals surface area (Å²) < 4.78 is 13.2. The Labute approximate surface area is 123 Å². The number of hydrogen-bond acceptors (Lipinski definition) is 4. The van der Waals surface area contributed by atoms with E-state index in [0.29, 0.717) is 10.9 Å². The van der Waals surface area contributed by atoms with Crippen LogP contribution in [0.2, 0.25) is 0 Å². The van der Waals surface area contributed by atoms with Crippen LogP contribution in [-0.2, 0) is 0 Å². The van der Waals surface area contributed by atoms with Crippen LogP contribution < -0.4 is 5.32 Å². The Morgan fingerprint density at radius 2 is 2.25 bits per heavy atom. The Balaban J connectivity index is 1.97. The zero-order chi connectivity index (χ0) is 14.8. The van der Waals surface area contributed by atoms with Crippen molar-refractivity contribution in [2.24, 2.45) is 10.4 Å². The van der Waals surface area contributed by atoms with Gasteiger partial charge in [0.2, 0.25) is 0 Å². The van der Waals surface area contributed by atoms with Crippen LogP contribution in [0, 0.1) is 22.6 Å². The third-order valence-electron chi connectivity index (χ3n) is 2.89. The zero-order valence-electron chi connectivity index (χ0n) is 11.9. The molecule has 0 aromatic heterocycles. The highest BCUT2D eigenvalue weighted by atomic mass is 32.2. The molecule has 1 aliphatic heterocycles. The van der Waals surface area contributed by atoms with Crippen LogP contribution in [0.15, 0.2) is 23.2 Å². The molecular weight excluding hydrogens is 273 g/mol. The summed E-state index contributed by atoms with van der Waals surface area (Å²) in [5, 5.41) is 13.3. The van der Waals surface area contributed by atoms with E-state index >= 15 is 0 Å². The molecule has 1 heterocycles. The lowest BCUT2D eigenvalue weighted by Crippen LogP contribution is -2.16.